The predicted octanol–water partition coefficient (Wildman–Crippen LogP) is 0.987. The van der Waals surface area contributed by atoms with Crippen LogP contribution in [0.15, 0.2) is 18.5 Å². The molecule has 3 atom stereocenters. The fraction of sp³-hybridized carbons (Fsp3) is 0.571. The summed E-state index contributed by atoms with van der Waals surface area (Å²) >= 11 is 0. The van der Waals surface area contributed by atoms with Gasteiger partial charge in [0, 0.05) is 25.3 Å². The normalized spacial score (nSPS) is 30.2. The number of amides is 1. The number of nitrogens with zero attached hydrogens (tertiary/aromatic N) is 2. The lowest BCUT2D eigenvalue weighted by Crippen LogP contribution is -2.38. The summed E-state index contributed by atoms with van der Waals surface area (Å²) in [5.41, 5.74) is 6.49. The van der Waals surface area contributed by atoms with Gasteiger partial charge in [0.25, 0.3) is 5.91 Å². The molecule has 19 heavy (non-hydrogen) atoms. The van der Waals surface area contributed by atoms with Gasteiger partial charge in [-0.05, 0) is 30.7 Å². The Morgan fingerprint density at radius 1 is 1.42 bits per heavy atom. The van der Waals surface area contributed by atoms with Crippen LogP contribution in [0.1, 0.15) is 29.6 Å². The molecule has 3 unspecified atom stereocenters. The maximum atomic E-state index is 12.4. The molecule has 2 fully saturated rings. The van der Waals surface area contributed by atoms with Gasteiger partial charge in [-0.1, -0.05) is 6.42 Å². The van der Waals surface area contributed by atoms with E-state index in [1.54, 1.807) is 6.07 Å². The summed E-state index contributed by atoms with van der Waals surface area (Å²) < 4.78 is 0. The molecule has 0 radical (unpaired) electrons. The molecule has 1 aromatic rings. The average molecular weight is 261 g/mol. The van der Waals surface area contributed by atoms with Crippen molar-refractivity contribution in [3.8, 4) is 5.75 Å². The van der Waals surface area contributed by atoms with Crippen LogP contribution in [0.5, 0.6) is 5.75 Å². The van der Waals surface area contributed by atoms with Gasteiger partial charge in [0.15, 0.2) is 0 Å². The van der Waals surface area contributed by atoms with E-state index in [1.807, 2.05) is 4.90 Å². The van der Waals surface area contributed by atoms with Crippen molar-refractivity contribution in [1.82, 2.24) is 9.88 Å². The lowest BCUT2D eigenvalue weighted by Gasteiger charge is -2.29. The van der Waals surface area contributed by atoms with E-state index >= 15 is 0 Å². The number of pyridine rings is 1. The second-order valence-electron chi connectivity index (χ2n) is 5.62. The number of fused-ring (bicyclic) bond motifs is 1. The number of carbonyl (C=O) groups excluding carboxylic acids is 1. The highest BCUT2D eigenvalue weighted by atomic mass is 16.3. The summed E-state index contributed by atoms with van der Waals surface area (Å²) in [4.78, 5) is 18.0. The third-order valence-corrected chi connectivity index (χ3v) is 4.47. The van der Waals surface area contributed by atoms with E-state index in [0.717, 1.165) is 25.8 Å². The van der Waals surface area contributed by atoms with Gasteiger partial charge >= 0.3 is 0 Å². The highest BCUT2D eigenvalue weighted by Crippen LogP contribution is 2.36. The summed E-state index contributed by atoms with van der Waals surface area (Å²) in [7, 11) is 0. The molecule has 1 aliphatic heterocycles. The Labute approximate surface area is 112 Å². The van der Waals surface area contributed by atoms with Crippen LogP contribution in [0, 0.1) is 11.8 Å². The monoisotopic (exact) mass is 261 g/mol. The van der Waals surface area contributed by atoms with Crippen LogP contribution in [-0.2, 0) is 0 Å². The van der Waals surface area contributed by atoms with Crippen LogP contribution in [0.3, 0.4) is 0 Å². The van der Waals surface area contributed by atoms with Gasteiger partial charge in [-0.3, -0.25) is 9.78 Å². The van der Waals surface area contributed by atoms with Crippen molar-refractivity contribution in [3.05, 3.63) is 24.0 Å². The zero-order valence-corrected chi connectivity index (χ0v) is 10.8. The van der Waals surface area contributed by atoms with Crippen LogP contribution < -0.4 is 5.73 Å². The van der Waals surface area contributed by atoms with Crippen LogP contribution in [-0.4, -0.2) is 40.0 Å². The minimum absolute atomic E-state index is 0.0494. The molecule has 5 nitrogen and oxygen atoms in total. The molecule has 3 N–H and O–H groups in total. The number of nitrogens with two attached hydrogens (primary N) is 1. The lowest BCUT2D eigenvalue weighted by atomic mass is 9.78. The van der Waals surface area contributed by atoms with E-state index in [9.17, 15) is 9.90 Å². The van der Waals surface area contributed by atoms with Crippen molar-refractivity contribution >= 4 is 5.91 Å². The summed E-state index contributed by atoms with van der Waals surface area (Å²) in [5, 5.41) is 9.72. The number of rotatable bonds is 1. The molecular formula is C14H19N3O2. The first-order valence-corrected chi connectivity index (χ1v) is 6.84. The molecule has 2 heterocycles. The zero-order valence-electron chi connectivity index (χ0n) is 10.8. The molecule has 102 valence electrons. The molecule has 1 aromatic heterocycles. The Morgan fingerprint density at radius 2 is 2.26 bits per heavy atom. The van der Waals surface area contributed by atoms with Gasteiger partial charge in [-0.2, -0.15) is 0 Å². The highest BCUT2D eigenvalue weighted by molar-refractivity contribution is 5.96. The van der Waals surface area contributed by atoms with Crippen LogP contribution in [0.4, 0.5) is 0 Å². The molecule has 1 amide bonds. The van der Waals surface area contributed by atoms with E-state index in [0.29, 0.717) is 23.9 Å². The Bertz CT molecular complexity index is 491. The van der Waals surface area contributed by atoms with Crippen molar-refractivity contribution in [2.24, 2.45) is 17.6 Å². The van der Waals surface area contributed by atoms with E-state index in [1.165, 1.54) is 12.4 Å². The SMILES string of the molecule is NC1CCCC2CN(C(=O)c3ccncc3O)CC12. The number of hydrogen-bond donors (Lipinski definition) is 2. The van der Waals surface area contributed by atoms with Crippen LogP contribution >= 0.6 is 0 Å². The third-order valence-electron chi connectivity index (χ3n) is 4.47. The number of aromatic hydroxyl groups is 1. The molecule has 1 saturated heterocycles. The first-order chi connectivity index (χ1) is 9.16. The van der Waals surface area contributed by atoms with Crippen molar-refractivity contribution in [1.29, 1.82) is 0 Å². The molecule has 0 bridgehead atoms. The Kier molecular flexibility index (Phi) is 3.14. The fourth-order valence-electron chi connectivity index (χ4n) is 3.42. The quantitative estimate of drug-likeness (QED) is 0.790. The van der Waals surface area contributed by atoms with Crippen molar-refractivity contribution < 1.29 is 9.90 Å². The molecule has 3 rings (SSSR count). The fourth-order valence-corrected chi connectivity index (χ4v) is 3.42. The summed E-state index contributed by atoms with van der Waals surface area (Å²) in [5.74, 6) is 0.784. The van der Waals surface area contributed by atoms with Gasteiger partial charge in [0.05, 0.1) is 11.8 Å². The first kappa shape index (κ1) is 12.4. The van der Waals surface area contributed by atoms with Crippen molar-refractivity contribution in [3.63, 3.8) is 0 Å². The van der Waals surface area contributed by atoms with Crippen LogP contribution in [0.2, 0.25) is 0 Å². The van der Waals surface area contributed by atoms with E-state index in [4.69, 9.17) is 5.73 Å². The Hall–Kier alpha value is -1.62. The number of aromatic nitrogens is 1. The van der Waals surface area contributed by atoms with E-state index < -0.39 is 0 Å². The van der Waals surface area contributed by atoms with Crippen molar-refractivity contribution in [2.45, 2.75) is 25.3 Å². The van der Waals surface area contributed by atoms with Crippen LogP contribution in [0.25, 0.3) is 0 Å². The Morgan fingerprint density at radius 3 is 3.00 bits per heavy atom. The number of likely N-dealkylation sites (tertiary alicyclic amines) is 1. The van der Waals surface area contributed by atoms with Gasteiger partial charge < -0.3 is 15.7 Å². The maximum absolute atomic E-state index is 12.4. The highest BCUT2D eigenvalue weighted by Gasteiger charge is 2.40. The molecule has 2 aliphatic rings. The summed E-state index contributed by atoms with van der Waals surface area (Å²) in [6, 6.07) is 1.78. The largest absolute Gasteiger partial charge is 0.505 e. The molecule has 1 aliphatic carbocycles. The van der Waals surface area contributed by atoms with Gasteiger partial charge in [0.1, 0.15) is 5.75 Å². The second-order valence-corrected chi connectivity index (χ2v) is 5.62. The van der Waals surface area contributed by atoms with E-state index in [2.05, 4.69) is 4.98 Å². The Balaban J connectivity index is 1.78. The van der Waals surface area contributed by atoms with Gasteiger partial charge in [-0.15, -0.1) is 0 Å². The first-order valence-electron chi connectivity index (χ1n) is 6.84. The van der Waals surface area contributed by atoms with Crippen molar-refractivity contribution in [2.75, 3.05) is 13.1 Å². The zero-order chi connectivity index (χ0) is 13.4. The average Bonchev–Trinajstić information content (AvgIpc) is 2.84. The summed E-state index contributed by atoms with van der Waals surface area (Å²) in [6.07, 6.45) is 6.21. The molecule has 0 aromatic carbocycles. The standard InChI is InChI=1S/C14H19N3O2/c15-12-3-1-2-9-7-17(8-11(9)12)14(19)10-4-5-16-6-13(10)18/h4-6,9,11-12,18H,1-3,7-8,15H2. The number of hydrogen-bond acceptors (Lipinski definition) is 4. The molecular weight excluding hydrogens is 242 g/mol. The minimum Gasteiger partial charge on any atom is -0.505 e. The minimum atomic E-state index is -0.110. The topological polar surface area (TPSA) is 79.5 Å². The second kappa shape index (κ2) is 4.81. The molecule has 0 spiro atoms. The van der Waals surface area contributed by atoms with E-state index in [-0.39, 0.29) is 17.7 Å². The summed E-state index contributed by atoms with van der Waals surface area (Å²) in [6.45, 7) is 1.48. The maximum Gasteiger partial charge on any atom is 0.257 e. The molecule has 1 saturated carbocycles. The van der Waals surface area contributed by atoms with Gasteiger partial charge in [-0.25, -0.2) is 0 Å². The molecule has 5 heteroatoms. The third kappa shape index (κ3) is 2.18. The smallest absolute Gasteiger partial charge is 0.257 e. The van der Waals surface area contributed by atoms with Gasteiger partial charge in [0.2, 0.25) is 0 Å². The lowest BCUT2D eigenvalue weighted by molar-refractivity contribution is 0.0780. The predicted molar refractivity (Wildman–Crippen MR) is 70.6 cm³/mol. The number of carbonyl (C=O) groups is 1.